The van der Waals surface area contributed by atoms with Gasteiger partial charge in [0.05, 0.1) is 23.4 Å². The average Bonchev–Trinajstić information content (AvgIpc) is 3.31. The molecule has 1 N–H and O–H groups in total. The van der Waals surface area contributed by atoms with Gasteiger partial charge in [0, 0.05) is 29.1 Å². The summed E-state index contributed by atoms with van der Waals surface area (Å²) < 4.78 is 1.83. The molecule has 0 fully saturated rings. The zero-order chi connectivity index (χ0) is 22.8. The third-order valence-electron chi connectivity index (χ3n) is 5.24. The van der Waals surface area contributed by atoms with E-state index in [-0.39, 0.29) is 29.2 Å². The van der Waals surface area contributed by atoms with Gasteiger partial charge in [-0.3, -0.25) is 14.4 Å². The van der Waals surface area contributed by atoms with Crippen LogP contribution in [0.25, 0.3) is 17.0 Å². The van der Waals surface area contributed by atoms with Gasteiger partial charge in [-0.1, -0.05) is 25.1 Å². The van der Waals surface area contributed by atoms with E-state index in [1.54, 1.807) is 19.2 Å². The third kappa shape index (κ3) is 3.74. The number of carbonyl (C=O) groups is 4. The van der Waals surface area contributed by atoms with E-state index in [9.17, 15) is 19.2 Å². The number of anilines is 1. The Morgan fingerprint density at radius 3 is 2.47 bits per heavy atom. The molecule has 1 aliphatic rings. The van der Waals surface area contributed by atoms with Crippen LogP contribution in [0.5, 0.6) is 0 Å². The zero-order valence-corrected chi connectivity index (χ0v) is 17.2. The number of aromatic nitrogens is 1. The third-order valence-corrected chi connectivity index (χ3v) is 5.24. The molecule has 0 bridgehead atoms. The molecular formula is C24H19N3O5. The first-order valence-electron chi connectivity index (χ1n) is 9.96. The minimum atomic E-state index is -1.08. The lowest BCUT2D eigenvalue weighted by atomic mass is 10.1. The van der Waals surface area contributed by atoms with Gasteiger partial charge in [-0.15, -0.1) is 0 Å². The molecule has 0 saturated carbocycles. The summed E-state index contributed by atoms with van der Waals surface area (Å²) in [6.07, 6.45) is 4.30. The van der Waals surface area contributed by atoms with E-state index < -0.39 is 11.9 Å². The largest absolute Gasteiger partial charge is 0.478 e. The maximum absolute atomic E-state index is 13.1. The molecule has 0 radical (unpaired) electrons. The number of carboxylic acid groups (broad SMARTS) is 1. The van der Waals surface area contributed by atoms with Crippen molar-refractivity contribution in [2.75, 3.05) is 5.01 Å². The van der Waals surface area contributed by atoms with Gasteiger partial charge in [0.1, 0.15) is 5.71 Å². The van der Waals surface area contributed by atoms with Crippen LogP contribution >= 0.6 is 0 Å². The summed E-state index contributed by atoms with van der Waals surface area (Å²) in [5.74, 6) is -1.51. The number of ketones is 1. The molecule has 8 nitrogen and oxygen atoms in total. The molecule has 4 rings (SSSR count). The predicted octanol–water partition coefficient (Wildman–Crippen LogP) is 3.30. The number of aldehydes is 1. The van der Waals surface area contributed by atoms with Crippen LogP contribution < -0.4 is 5.01 Å². The Morgan fingerprint density at radius 2 is 1.81 bits per heavy atom. The Kier molecular flexibility index (Phi) is 5.51. The summed E-state index contributed by atoms with van der Waals surface area (Å²) in [5, 5.41) is 15.1. The first kappa shape index (κ1) is 20.9. The smallest absolute Gasteiger partial charge is 0.335 e. The number of amides is 1. The van der Waals surface area contributed by atoms with Crippen molar-refractivity contribution in [1.82, 2.24) is 4.57 Å². The number of benzene rings is 2. The maximum Gasteiger partial charge on any atom is 0.335 e. The Labute approximate surface area is 183 Å². The van der Waals surface area contributed by atoms with Crippen molar-refractivity contribution in [3.8, 4) is 0 Å². The molecule has 3 aromatic rings. The number of fused-ring (bicyclic) bond motifs is 1. The minimum Gasteiger partial charge on any atom is -0.478 e. The number of carboxylic acids is 1. The van der Waals surface area contributed by atoms with E-state index in [4.69, 9.17) is 5.11 Å². The van der Waals surface area contributed by atoms with Gasteiger partial charge in [-0.2, -0.15) is 10.1 Å². The Hall–Kier alpha value is -4.33. The van der Waals surface area contributed by atoms with Crippen LogP contribution in [0.1, 0.15) is 29.3 Å². The Balaban J connectivity index is 1.74. The van der Waals surface area contributed by atoms with Crippen molar-refractivity contribution in [3.05, 3.63) is 71.4 Å². The summed E-state index contributed by atoms with van der Waals surface area (Å²) in [7, 11) is 0. The van der Waals surface area contributed by atoms with Crippen LogP contribution in [-0.4, -0.2) is 39.3 Å². The first-order valence-corrected chi connectivity index (χ1v) is 9.96. The molecule has 0 aliphatic carbocycles. The van der Waals surface area contributed by atoms with E-state index in [0.717, 1.165) is 15.9 Å². The van der Waals surface area contributed by atoms with Gasteiger partial charge in [0.2, 0.25) is 0 Å². The van der Waals surface area contributed by atoms with Crippen molar-refractivity contribution in [2.45, 2.75) is 19.9 Å². The fraction of sp³-hybridized carbons (Fsp3) is 0.125. The SMILES string of the molecule is CCC(=O)Cn1cc(/C=C2\C(=O)N(c3ccc(C(=O)O)cc3)N=C2C=O)c2ccccc21. The molecule has 2 heterocycles. The molecule has 1 amide bonds. The lowest BCUT2D eigenvalue weighted by Gasteiger charge is -2.11. The highest BCUT2D eigenvalue weighted by atomic mass is 16.4. The molecule has 2 aromatic carbocycles. The van der Waals surface area contributed by atoms with Gasteiger partial charge < -0.3 is 9.67 Å². The number of Topliss-reactive ketones (excluding diaryl/α,β-unsaturated/α-hetero) is 1. The van der Waals surface area contributed by atoms with E-state index in [0.29, 0.717) is 24.0 Å². The number of aromatic carboxylic acids is 1. The lowest BCUT2D eigenvalue weighted by Crippen LogP contribution is -2.21. The molecule has 1 aromatic heterocycles. The fourth-order valence-electron chi connectivity index (χ4n) is 3.55. The summed E-state index contributed by atoms with van der Waals surface area (Å²) in [6.45, 7) is 2.02. The zero-order valence-electron chi connectivity index (χ0n) is 17.2. The predicted molar refractivity (Wildman–Crippen MR) is 120 cm³/mol. The van der Waals surface area contributed by atoms with Crippen LogP contribution in [0.2, 0.25) is 0 Å². The molecule has 1 aliphatic heterocycles. The highest BCUT2D eigenvalue weighted by Crippen LogP contribution is 2.28. The summed E-state index contributed by atoms with van der Waals surface area (Å²) >= 11 is 0. The number of hydrogen-bond acceptors (Lipinski definition) is 5. The normalized spacial score (nSPS) is 14.8. The highest BCUT2D eigenvalue weighted by molar-refractivity contribution is 6.50. The van der Waals surface area contributed by atoms with E-state index in [1.807, 2.05) is 28.8 Å². The van der Waals surface area contributed by atoms with E-state index in [2.05, 4.69) is 5.10 Å². The van der Waals surface area contributed by atoms with Crippen molar-refractivity contribution in [1.29, 1.82) is 0 Å². The van der Waals surface area contributed by atoms with Gasteiger partial charge in [-0.05, 0) is 36.4 Å². The minimum absolute atomic E-state index is 0.0289. The van der Waals surface area contributed by atoms with Gasteiger partial charge >= 0.3 is 5.97 Å². The van der Waals surface area contributed by atoms with Crippen LogP contribution in [-0.2, 0) is 20.9 Å². The summed E-state index contributed by atoms with van der Waals surface area (Å²) in [6, 6.07) is 13.1. The second-order valence-electron chi connectivity index (χ2n) is 7.25. The monoisotopic (exact) mass is 429 g/mol. The number of hydrogen-bond donors (Lipinski definition) is 1. The van der Waals surface area contributed by atoms with Gasteiger partial charge in [-0.25, -0.2) is 4.79 Å². The molecule has 0 atom stereocenters. The Morgan fingerprint density at radius 1 is 1.09 bits per heavy atom. The lowest BCUT2D eigenvalue weighted by molar-refractivity contribution is -0.119. The summed E-state index contributed by atoms with van der Waals surface area (Å²) in [5.41, 5.74) is 2.04. The average molecular weight is 429 g/mol. The molecule has 160 valence electrons. The van der Waals surface area contributed by atoms with Crippen LogP contribution in [0, 0.1) is 0 Å². The Bertz CT molecular complexity index is 1320. The standard InChI is InChI=1S/C24H19N3O5/c1-2-18(29)13-26-12-16(19-5-3-4-6-22(19)26)11-20-21(14-28)25-27(23(20)30)17-9-7-15(8-10-17)24(31)32/h3-12,14H,2,13H2,1H3,(H,31,32)/b20-11-. The highest BCUT2D eigenvalue weighted by Gasteiger charge is 2.31. The quantitative estimate of drug-likeness (QED) is 0.458. The molecule has 0 spiro atoms. The molecular weight excluding hydrogens is 410 g/mol. The number of carbonyl (C=O) groups excluding carboxylic acids is 3. The first-order chi connectivity index (χ1) is 15.4. The maximum atomic E-state index is 13.1. The second kappa shape index (κ2) is 8.43. The number of rotatable bonds is 7. The molecule has 0 saturated heterocycles. The molecule has 0 unspecified atom stereocenters. The summed E-state index contributed by atoms with van der Waals surface area (Å²) in [4.78, 5) is 47.8. The van der Waals surface area contributed by atoms with Crippen molar-refractivity contribution in [3.63, 3.8) is 0 Å². The number of hydrazone groups is 1. The van der Waals surface area contributed by atoms with Gasteiger partial charge in [0.15, 0.2) is 12.1 Å². The van der Waals surface area contributed by atoms with Crippen LogP contribution in [0.15, 0.2) is 65.4 Å². The molecule has 32 heavy (non-hydrogen) atoms. The second-order valence-corrected chi connectivity index (χ2v) is 7.25. The van der Waals surface area contributed by atoms with Crippen molar-refractivity contribution < 1.29 is 24.3 Å². The fourth-order valence-corrected chi connectivity index (χ4v) is 3.55. The van der Waals surface area contributed by atoms with Gasteiger partial charge in [0.25, 0.3) is 5.91 Å². The van der Waals surface area contributed by atoms with Crippen molar-refractivity contribution >= 4 is 52.3 Å². The van der Waals surface area contributed by atoms with E-state index >= 15 is 0 Å². The van der Waals surface area contributed by atoms with Crippen LogP contribution in [0.3, 0.4) is 0 Å². The molecule has 8 heteroatoms. The van der Waals surface area contributed by atoms with E-state index in [1.165, 1.54) is 24.3 Å². The topological polar surface area (TPSA) is 109 Å². The van der Waals surface area contributed by atoms with Crippen molar-refractivity contribution in [2.24, 2.45) is 5.10 Å². The van der Waals surface area contributed by atoms with Crippen LogP contribution in [0.4, 0.5) is 5.69 Å². The number of para-hydroxylation sites is 1. The number of nitrogens with zero attached hydrogens (tertiary/aromatic N) is 3.